The van der Waals surface area contributed by atoms with Crippen LogP contribution in [-0.2, 0) is 17.8 Å². The molecule has 4 rings (SSSR count). The number of nitrogens with zero attached hydrogens (tertiary/aromatic N) is 2. The Labute approximate surface area is 218 Å². The molecule has 0 atom stereocenters. The molecule has 0 unspecified atom stereocenters. The predicted octanol–water partition coefficient (Wildman–Crippen LogP) is 5.61. The van der Waals surface area contributed by atoms with E-state index in [9.17, 15) is 9.59 Å². The number of fused-ring (bicyclic) bond motifs is 1. The zero-order valence-corrected chi connectivity index (χ0v) is 22.0. The molecule has 0 saturated heterocycles. The molecule has 192 valence electrons. The number of aryl methyl sites for hydroxylation is 1. The molecule has 1 N–H and O–H groups in total. The van der Waals surface area contributed by atoms with Crippen LogP contribution in [0.25, 0.3) is 10.9 Å². The van der Waals surface area contributed by atoms with Gasteiger partial charge in [-0.2, -0.15) is 0 Å². The molecule has 6 nitrogen and oxygen atoms in total. The van der Waals surface area contributed by atoms with Crippen molar-refractivity contribution in [1.29, 1.82) is 0 Å². The van der Waals surface area contributed by atoms with Gasteiger partial charge in [-0.05, 0) is 56.5 Å². The minimum absolute atomic E-state index is 0.00781. The molecule has 0 aliphatic rings. The molecule has 1 aromatic heterocycles. The van der Waals surface area contributed by atoms with Crippen molar-refractivity contribution >= 4 is 22.7 Å². The fraction of sp³-hybridized carbons (Fsp3) is 0.290. The van der Waals surface area contributed by atoms with E-state index < -0.39 is 0 Å². The fourth-order valence-corrected chi connectivity index (χ4v) is 4.63. The summed E-state index contributed by atoms with van der Waals surface area (Å²) in [5.74, 6) is 0.515. The standard InChI is InChI=1S/C31H35N3O3/c1-22(2)34(31(36)26-13-7-5-11-23(26)3)21-30(35)33(20-25-12-6-10-16-29(25)37-4)18-17-24-19-32-28-15-9-8-14-27(24)28/h5-16,19,22,32H,17-18,20-21H2,1-4H3. The van der Waals surface area contributed by atoms with Gasteiger partial charge in [-0.15, -0.1) is 0 Å². The number of rotatable bonds is 10. The third-order valence-electron chi connectivity index (χ3n) is 6.80. The number of aromatic amines is 1. The molecule has 37 heavy (non-hydrogen) atoms. The van der Waals surface area contributed by atoms with Crippen molar-refractivity contribution in [2.24, 2.45) is 0 Å². The van der Waals surface area contributed by atoms with Gasteiger partial charge in [0.2, 0.25) is 5.91 Å². The minimum Gasteiger partial charge on any atom is -0.496 e. The van der Waals surface area contributed by atoms with E-state index in [-0.39, 0.29) is 24.4 Å². The SMILES string of the molecule is COc1ccccc1CN(CCc1c[nH]c2ccccc12)C(=O)CN(C(=O)c1ccccc1C)C(C)C. The molecule has 0 aliphatic heterocycles. The highest BCUT2D eigenvalue weighted by Gasteiger charge is 2.26. The number of amides is 2. The van der Waals surface area contributed by atoms with Crippen molar-refractivity contribution in [3.8, 4) is 5.75 Å². The molecule has 3 aromatic carbocycles. The minimum atomic E-state index is -0.129. The number of nitrogens with one attached hydrogen (secondary N) is 1. The summed E-state index contributed by atoms with van der Waals surface area (Å²) in [6.07, 6.45) is 2.71. The van der Waals surface area contributed by atoms with Crippen LogP contribution in [0.4, 0.5) is 0 Å². The van der Waals surface area contributed by atoms with Gasteiger partial charge >= 0.3 is 0 Å². The maximum atomic E-state index is 13.8. The highest BCUT2D eigenvalue weighted by Crippen LogP contribution is 2.22. The lowest BCUT2D eigenvalue weighted by Gasteiger charge is -2.31. The van der Waals surface area contributed by atoms with Gasteiger partial charge in [0.25, 0.3) is 5.91 Å². The van der Waals surface area contributed by atoms with Crippen LogP contribution >= 0.6 is 0 Å². The molecule has 0 bridgehead atoms. The van der Waals surface area contributed by atoms with Gasteiger partial charge in [-0.1, -0.05) is 54.6 Å². The quantitative estimate of drug-likeness (QED) is 0.310. The van der Waals surface area contributed by atoms with Crippen molar-refractivity contribution in [3.05, 3.63) is 101 Å². The zero-order chi connectivity index (χ0) is 26.4. The van der Waals surface area contributed by atoms with Crippen LogP contribution in [0.1, 0.15) is 40.9 Å². The summed E-state index contributed by atoms with van der Waals surface area (Å²) in [7, 11) is 1.64. The second-order valence-corrected chi connectivity index (χ2v) is 9.58. The number of H-pyrrole nitrogens is 1. The second-order valence-electron chi connectivity index (χ2n) is 9.58. The molecule has 6 heteroatoms. The summed E-state index contributed by atoms with van der Waals surface area (Å²) in [4.78, 5) is 34.0. The normalized spacial score (nSPS) is 11.1. The maximum absolute atomic E-state index is 13.8. The number of carbonyl (C=O) groups is 2. The highest BCUT2D eigenvalue weighted by molar-refractivity contribution is 5.98. The average Bonchev–Trinajstić information content (AvgIpc) is 3.32. The summed E-state index contributed by atoms with van der Waals surface area (Å²) >= 11 is 0. The zero-order valence-electron chi connectivity index (χ0n) is 22.0. The summed E-state index contributed by atoms with van der Waals surface area (Å²) in [6, 6.07) is 23.3. The molecule has 4 aromatic rings. The molecule has 2 amide bonds. The highest BCUT2D eigenvalue weighted by atomic mass is 16.5. The number of hydrogen-bond acceptors (Lipinski definition) is 3. The lowest BCUT2D eigenvalue weighted by molar-refractivity contribution is -0.132. The van der Waals surface area contributed by atoms with Crippen molar-refractivity contribution in [1.82, 2.24) is 14.8 Å². The Morgan fingerprint density at radius 2 is 1.62 bits per heavy atom. The van der Waals surface area contributed by atoms with Crippen molar-refractivity contribution in [2.75, 3.05) is 20.2 Å². The monoisotopic (exact) mass is 497 g/mol. The molecule has 0 spiro atoms. The average molecular weight is 498 g/mol. The van der Waals surface area contributed by atoms with E-state index in [4.69, 9.17) is 4.74 Å². The smallest absolute Gasteiger partial charge is 0.254 e. The molecular weight excluding hydrogens is 462 g/mol. The molecular formula is C31H35N3O3. The number of ether oxygens (including phenoxy) is 1. The van der Waals surface area contributed by atoms with Crippen molar-refractivity contribution in [3.63, 3.8) is 0 Å². The van der Waals surface area contributed by atoms with Gasteiger partial charge < -0.3 is 19.5 Å². The van der Waals surface area contributed by atoms with Gasteiger partial charge in [-0.3, -0.25) is 9.59 Å². The Hall–Kier alpha value is -4.06. The van der Waals surface area contributed by atoms with Crippen LogP contribution in [0, 0.1) is 6.92 Å². The fourth-order valence-electron chi connectivity index (χ4n) is 4.63. The number of aromatic nitrogens is 1. The molecule has 0 radical (unpaired) electrons. The van der Waals surface area contributed by atoms with Gasteiger partial charge in [0.05, 0.1) is 7.11 Å². The van der Waals surface area contributed by atoms with E-state index in [1.54, 1.807) is 12.0 Å². The van der Waals surface area contributed by atoms with Gasteiger partial charge in [0.1, 0.15) is 12.3 Å². The largest absolute Gasteiger partial charge is 0.496 e. The van der Waals surface area contributed by atoms with E-state index in [1.165, 1.54) is 0 Å². The van der Waals surface area contributed by atoms with E-state index in [1.807, 2.05) is 98.6 Å². The first-order chi connectivity index (χ1) is 17.9. The second kappa shape index (κ2) is 11.8. The van der Waals surface area contributed by atoms with Gasteiger partial charge in [0, 0.05) is 47.4 Å². The van der Waals surface area contributed by atoms with E-state index in [2.05, 4.69) is 11.1 Å². The topological polar surface area (TPSA) is 65.6 Å². The summed E-state index contributed by atoms with van der Waals surface area (Å²) < 4.78 is 5.56. The third kappa shape index (κ3) is 6.02. The van der Waals surface area contributed by atoms with Crippen LogP contribution in [-0.4, -0.2) is 52.8 Å². The number of benzene rings is 3. The van der Waals surface area contributed by atoms with E-state index in [0.717, 1.165) is 33.3 Å². The van der Waals surface area contributed by atoms with E-state index in [0.29, 0.717) is 25.1 Å². The lowest BCUT2D eigenvalue weighted by Crippen LogP contribution is -2.46. The predicted molar refractivity (Wildman–Crippen MR) is 148 cm³/mol. The summed E-state index contributed by atoms with van der Waals surface area (Å²) in [5.41, 5.74) is 4.69. The first kappa shape index (κ1) is 26.0. The number of hydrogen-bond donors (Lipinski definition) is 1. The van der Waals surface area contributed by atoms with Crippen LogP contribution < -0.4 is 4.74 Å². The Morgan fingerprint density at radius 1 is 0.919 bits per heavy atom. The number of methoxy groups -OCH3 is 1. The Balaban J connectivity index is 1.58. The van der Waals surface area contributed by atoms with Gasteiger partial charge in [0.15, 0.2) is 0 Å². The Morgan fingerprint density at radius 3 is 2.38 bits per heavy atom. The molecule has 1 heterocycles. The third-order valence-corrected chi connectivity index (χ3v) is 6.80. The number of para-hydroxylation sites is 2. The van der Waals surface area contributed by atoms with Crippen LogP contribution in [0.3, 0.4) is 0 Å². The van der Waals surface area contributed by atoms with E-state index >= 15 is 0 Å². The Bertz CT molecular complexity index is 1370. The summed E-state index contributed by atoms with van der Waals surface area (Å²) in [5, 5.41) is 1.16. The van der Waals surface area contributed by atoms with Crippen molar-refractivity contribution in [2.45, 2.75) is 39.8 Å². The summed E-state index contributed by atoms with van der Waals surface area (Å²) in [6.45, 7) is 6.73. The van der Waals surface area contributed by atoms with Crippen molar-refractivity contribution < 1.29 is 14.3 Å². The van der Waals surface area contributed by atoms with Gasteiger partial charge in [-0.25, -0.2) is 0 Å². The van der Waals surface area contributed by atoms with Crippen LogP contribution in [0.2, 0.25) is 0 Å². The first-order valence-electron chi connectivity index (χ1n) is 12.7. The lowest BCUT2D eigenvalue weighted by atomic mass is 10.1. The Kier molecular flexibility index (Phi) is 8.29. The first-order valence-corrected chi connectivity index (χ1v) is 12.7. The van der Waals surface area contributed by atoms with Crippen LogP contribution in [0.5, 0.6) is 5.75 Å². The molecule has 0 saturated carbocycles. The maximum Gasteiger partial charge on any atom is 0.254 e. The molecule has 0 fully saturated rings. The number of carbonyl (C=O) groups excluding carboxylic acids is 2. The molecule has 0 aliphatic carbocycles. The van der Waals surface area contributed by atoms with Crippen LogP contribution in [0.15, 0.2) is 79.0 Å².